The molecule has 116 valence electrons. The maximum Gasteiger partial charge on any atom is 0.416 e. The van der Waals surface area contributed by atoms with E-state index >= 15 is 0 Å². The second kappa shape index (κ2) is 5.04. The SMILES string of the molecule is FC(F)(F)c1ccc2c(c1)-c1cc(Cl)c3cccnc3c1NS2. The molecule has 0 unspecified atom stereocenters. The third kappa shape index (κ3) is 2.33. The Kier molecular flexibility index (Phi) is 3.21. The van der Waals surface area contributed by atoms with Crippen molar-refractivity contribution in [2.24, 2.45) is 0 Å². The fourth-order valence-electron chi connectivity index (χ4n) is 2.63. The smallest absolute Gasteiger partial charge is 0.323 e. The number of rotatable bonds is 0. The molecule has 0 amide bonds. The number of nitrogens with zero attached hydrogens (tertiary/aromatic N) is 1. The molecule has 0 bridgehead atoms. The molecule has 4 rings (SSSR count). The molecule has 0 radical (unpaired) electrons. The van der Waals surface area contributed by atoms with Crippen LogP contribution in [0.4, 0.5) is 18.9 Å². The molecule has 1 aliphatic heterocycles. The van der Waals surface area contributed by atoms with Gasteiger partial charge in [-0.25, -0.2) is 0 Å². The van der Waals surface area contributed by atoms with E-state index in [1.807, 2.05) is 6.07 Å². The van der Waals surface area contributed by atoms with E-state index in [1.54, 1.807) is 18.3 Å². The number of alkyl halides is 3. The average molecular weight is 353 g/mol. The first-order valence-corrected chi connectivity index (χ1v) is 7.86. The summed E-state index contributed by atoms with van der Waals surface area (Å²) < 4.78 is 42.2. The molecular formula is C16H8ClF3N2S. The Balaban J connectivity index is 2.02. The molecule has 3 aromatic rings. The van der Waals surface area contributed by atoms with Gasteiger partial charge in [0.05, 0.1) is 21.8 Å². The number of hydrogen-bond donors (Lipinski definition) is 1. The predicted octanol–water partition coefficient (Wildman–Crippen LogP) is 6.01. The van der Waals surface area contributed by atoms with Crippen molar-refractivity contribution in [1.29, 1.82) is 0 Å². The highest BCUT2D eigenvalue weighted by Gasteiger charge is 2.32. The van der Waals surface area contributed by atoms with Gasteiger partial charge in [-0.2, -0.15) is 13.2 Å². The van der Waals surface area contributed by atoms with Crippen LogP contribution in [-0.4, -0.2) is 4.98 Å². The normalized spacial score (nSPS) is 13.4. The Hall–Kier alpha value is -1.92. The van der Waals surface area contributed by atoms with E-state index in [0.29, 0.717) is 27.4 Å². The van der Waals surface area contributed by atoms with E-state index in [1.165, 1.54) is 18.0 Å². The molecular weight excluding hydrogens is 345 g/mol. The summed E-state index contributed by atoms with van der Waals surface area (Å²) in [5, 5.41) is 1.22. The highest BCUT2D eigenvalue weighted by atomic mass is 35.5. The number of hydrogen-bond acceptors (Lipinski definition) is 3. The maximum atomic E-state index is 13.0. The number of benzene rings is 2. The molecule has 7 heteroatoms. The number of pyridine rings is 1. The molecule has 1 N–H and O–H groups in total. The summed E-state index contributed by atoms with van der Waals surface area (Å²) in [5.74, 6) is 0. The highest BCUT2D eigenvalue weighted by molar-refractivity contribution is 8.00. The maximum absolute atomic E-state index is 13.0. The lowest BCUT2D eigenvalue weighted by Gasteiger charge is -2.23. The van der Waals surface area contributed by atoms with Gasteiger partial charge >= 0.3 is 6.18 Å². The van der Waals surface area contributed by atoms with Gasteiger partial charge in [-0.1, -0.05) is 11.6 Å². The zero-order valence-corrected chi connectivity index (χ0v) is 13.0. The second-order valence-corrected chi connectivity index (χ2v) is 6.35. The average Bonchev–Trinajstić information content (AvgIpc) is 2.54. The quantitative estimate of drug-likeness (QED) is 0.502. The van der Waals surface area contributed by atoms with Gasteiger partial charge in [-0.05, 0) is 53.9 Å². The fraction of sp³-hybridized carbons (Fsp3) is 0.0625. The third-order valence-corrected chi connectivity index (χ3v) is 4.90. The van der Waals surface area contributed by atoms with Crippen LogP contribution in [0.1, 0.15) is 5.56 Å². The van der Waals surface area contributed by atoms with Crippen LogP contribution in [0.5, 0.6) is 0 Å². The summed E-state index contributed by atoms with van der Waals surface area (Å²) in [5.41, 5.74) is 1.78. The lowest BCUT2D eigenvalue weighted by Crippen LogP contribution is -2.07. The van der Waals surface area contributed by atoms with Gasteiger partial charge in [0.1, 0.15) is 0 Å². The van der Waals surface area contributed by atoms with E-state index in [2.05, 4.69) is 9.71 Å². The van der Waals surface area contributed by atoms with Crippen LogP contribution in [0.15, 0.2) is 47.5 Å². The summed E-state index contributed by atoms with van der Waals surface area (Å²) in [4.78, 5) is 5.04. The summed E-state index contributed by atoms with van der Waals surface area (Å²) in [6.45, 7) is 0. The Bertz CT molecular complexity index is 940. The van der Waals surface area contributed by atoms with E-state index in [4.69, 9.17) is 11.6 Å². The first kappa shape index (κ1) is 14.7. The lowest BCUT2D eigenvalue weighted by atomic mass is 9.99. The van der Waals surface area contributed by atoms with E-state index < -0.39 is 11.7 Å². The molecule has 2 heterocycles. The molecule has 0 spiro atoms. The molecule has 0 fully saturated rings. The number of fused-ring (bicyclic) bond motifs is 5. The van der Waals surface area contributed by atoms with Crippen LogP contribution in [-0.2, 0) is 6.18 Å². The predicted molar refractivity (Wildman–Crippen MR) is 86.7 cm³/mol. The third-order valence-electron chi connectivity index (χ3n) is 3.70. The minimum atomic E-state index is -4.39. The monoisotopic (exact) mass is 352 g/mol. The van der Waals surface area contributed by atoms with Crippen LogP contribution in [0.3, 0.4) is 0 Å². The molecule has 0 saturated carbocycles. The minimum absolute atomic E-state index is 0.462. The highest BCUT2D eigenvalue weighted by Crippen LogP contribution is 2.48. The van der Waals surface area contributed by atoms with Crippen molar-refractivity contribution < 1.29 is 13.2 Å². The topological polar surface area (TPSA) is 24.9 Å². The summed E-state index contributed by atoms with van der Waals surface area (Å²) in [7, 11) is 0. The largest absolute Gasteiger partial charge is 0.416 e. The molecule has 0 aliphatic carbocycles. The minimum Gasteiger partial charge on any atom is -0.323 e. The summed E-state index contributed by atoms with van der Waals surface area (Å²) in [6.07, 6.45) is -2.75. The van der Waals surface area contributed by atoms with Crippen molar-refractivity contribution in [1.82, 2.24) is 4.98 Å². The first-order valence-electron chi connectivity index (χ1n) is 6.67. The standard InChI is InChI=1S/C16H8ClF3N2S/c17-12-7-11-10-6-8(16(18,19)20)3-4-13(10)23-22-15(11)14-9(12)2-1-5-21-14/h1-7,22H. The van der Waals surface area contributed by atoms with E-state index in [9.17, 15) is 13.2 Å². The molecule has 2 nitrogen and oxygen atoms in total. The van der Waals surface area contributed by atoms with Crippen molar-refractivity contribution in [3.63, 3.8) is 0 Å². The lowest BCUT2D eigenvalue weighted by molar-refractivity contribution is -0.137. The van der Waals surface area contributed by atoms with Crippen LogP contribution in [0.2, 0.25) is 5.02 Å². The number of nitrogens with one attached hydrogen (secondary N) is 1. The van der Waals surface area contributed by atoms with Crippen molar-refractivity contribution in [3.05, 3.63) is 53.2 Å². The van der Waals surface area contributed by atoms with Crippen LogP contribution < -0.4 is 4.72 Å². The van der Waals surface area contributed by atoms with Crippen molar-refractivity contribution in [2.75, 3.05) is 4.72 Å². The Morgan fingerprint density at radius 1 is 1.09 bits per heavy atom. The Morgan fingerprint density at radius 2 is 1.91 bits per heavy atom. The zero-order valence-electron chi connectivity index (χ0n) is 11.4. The van der Waals surface area contributed by atoms with Crippen molar-refractivity contribution in [2.45, 2.75) is 11.1 Å². The van der Waals surface area contributed by atoms with E-state index in [0.717, 1.165) is 22.4 Å². The van der Waals surface area contributed by atoms with Crippen LogP contribution in [0, 0.1) is 0 Å². The number of halogens is 4. The van der Waals surface area contributed by atoms with Crippen LogP contribution >= 0.6 is 23.5 Å². The summed E-state index contributed by atoms with van der Waals surface area (Å²) >= 11 is 7.56. The first-order chi connectivity index (χ1) is 10.9. The van der Waals surface area contributed by atoms with Gasteiger partial charge < -0.3 is 4.72 Å². The van der Waals surface area contributed by atoms with Gasteiger partial charge in [0.15, 0.2) is 0 Å². The number of anilines is 1. The molecule has 1 aliphatic rings. The van der Waals surface area contributed by atoms with Gasteiger partial charge in [0.25, 0.3) is 0 Å². The van der Waals surface area contributed by atoms with Gasteiger partial charge in [0.2, 0.25) is 0 Å². The molecule has 1 aromatic heterocycles. The van der Waals surface area contributed by atoms with Gasteiger partial charge in [-0.3, -0.25) is 4.98 Å². The van der Waals surface area contributed by atoms with Gasteiger partial charge in [0, 0.05) is 22.0 Å². The molecule has 0 atom stereocenters. The number of aromatic nitrogens is 1. The van der Waals surface area contributed by atoms with E-state index in [-0.39, 0.29) is 0 Å². The fourth-order valence-corrected chi connectivity index (χ4v) is 3.72. The summed E-state index contributed by atoms with van der Waals surface area (Å²) in [6, 6.07) is 9.00. The second-order valence-electron chi connectivity index (χ2n) is 5.09. The Morgan fingerprint density at radius 3 is 2.70 bits per heavy atom. The van der Waals surface area contributed by atoms with Crippen molar-refractivity contribution >= 4 is 40.1 Å². The van der Waals surface area contributed by atoms with Gasteiger partial charge in [-0.15, -0.1) is 0 Å². The molecule has 23 heavy (non-hydrogen) atoms. The molecule has 2 aromatic carbocycles. The molecule has 0 saturated heterocycles. The zero-order chi connectivity index (χ0) is 16.2. The van der Waals surface area contributed by atoms with Crippen molar-refractivity contribution in [3.8, 4) is 11.1 Å². The Labute approximate surface area is 138 Å². The van der Waals surface area contributed by atoms with Crippen LogP contribution in [0.25, 0.3) is 22.0 Å².